The lowest BCUT2D eigenvalue weighted by atomic mass is 10.1. The summed E-state index contributed by atoms with van der Waals surface area (Å²) in [6.45, 7) is 4.77. The van der Waals surface area contributed by atoms with Gasteiger partial charge in [0.15, 0.2) is 16.8 Å². The largest absolute Gasteiger partial charge is 0.302 e. The van der Waals surface area contributed by atoms with E-state index in [-0.39, 0.29) is 5.78 Å². The zero-order valence-corrected chi connectivity index (χ0v) is 15.6. The fraction of sp³-hybridized carbons (Fsp3) is 0.211. The molecule has 25 heavy (non-hydrogen) atoms. The van der Waals surface area contributed by atoms with Gasteiger partial charge in [-0.1, -0.05) is 53.2 Å². The number of carbonyl (C=O) groups is 1. The van der Waals surface area contributed by atoms with Gasteiger partial charge in [-0.05, 0) is 38.1 Å². The van der Waals surface area contributed by atoms with Gasteiger partial charge in [-0.15, -0.1) is 10.2 Å². The quantitative estimate of drug-likeness (QED) is 0.456. The number of ketones is 1. The van der Waals surface area contributed by atoms with E-state index in [4.69, 9.17) is 11.6 Å². The van der Waals surface area contributed by atoms with Crippen molar-refractivity contribution >= 4 is 29.1 Å². The first-order valence-electron chi connectivity index (χ1n) is 8.00. The minimum absolute atomic E-state index is 0.0868. The Morgan fingerprint density at radius 1 is 1.08 bits per heavy atom. The van der Waals surface area contributed by atoms with Gasteiger partial charge in [-0.3, -0.25) is 4.79 Å². The van der Waals surface area contributed by atoms with E-state index in [9.17, 15) is 4.79 Å². The van der Waals surface area contributed by atoms with E-state index in [1.54, 1.807) is 0 Å². The summed E-state index contributed by atoms with van der Waals surface area (Å²) in [5.74, 6) is 1.20. The Kier molecular flexibility index (Phi) is 5.56. The first-order valence-corrected chi connectivity index (χ1v) is 9.36. The van der Waals surface area contributed by atoms with Crippen LogP contribution in [0.3, 0.4) is 0 Å². The Morgan fingerprint density at radius 3 is 2.40 bits per heavy atom. The van der Waals surface area contributed by atoms with Gasteiger partial charge in [0.2, 0.25) is 0 Å². The number of thioether (sulfide) groups is 1. The summed E-state index contributed by atoms with van der Waals surface area (Å²) in [4.78, 5) is 12.4. The molecular weight excluding hydrogens is 354 g/mol. The topological polar surface area (TPSA) is 47.8 Å². The molecule has 3 aromatic rings. The fourth-order valence-corrected chi connectivity index (χ4v) is 3.47. The second-order valence-electron chi connectivity index (χ2n) is 5.64. The van der Waals surface area contributed by atoms with E-state index < -0.39 is 0 Å². The number of halogens is 1. The van der Waals surface area contributed by atoms with Crippen LogP contribution in [0.4, 0.5) is 0 Å². The number of hydrogen-bond acceptors (Lipinski definition) is 4. The van der Waals surface area contributed by atoms with Crippen molar-refractivity contribution in [2.75, 3.05) is 5.75 Å². The van der Waals surface area contributed by atoms with E-state index >= 15 is 0 Å². The lowest BCUT2D eigenvalue weighted by Gasteiger charge is -2.07. The summed E-state index contributed by atoms with van der Waals surface area (Å²) >= 11 is 7.36. The standard InChI is InChI=1S/C19H18ClN3OS/c1-3-23-18(15-8-10-16(20)11-9-15)21-22-19(23)25-12-17(24)14-6-4-13(2)5-7-14/h4-11H,3,12H2,1-2H3. The molecule has 0 saturated carbocycles. The van der Waals surface area contributed by atoms with Crippen LogP contribution in [-0.2, 0) is 6.54 Å². The highest BCUT2D eigenvalue weighted by atomic mass is 35.5. The number of hydrogen-bond donors (Lipinski definition) is 0. The van der Waals surface area contributed by atoms with Gasteiger partial charge >= 0.3 is 0 Å². The van der Waals surface area contributed by atoms with Gasteiger partial charge in [-0.25, -0.2) is 0 Å². The SMILES string of the molecule is CCn1c(SCC(=O)c2ccc(C)cc2)nnc1-c1ccc(Cl)cc1. The molecule has 2 aromatic carbocycles. The molecule has 0 atom stereocenters. The summed E-state index contributed by atoms with van der Waals surface area (Å²) in [5.41, 5.74) is 2.82. The number of aryl methyl sites for hydroxylation is 1. The molecule has 0 aliphatic heterocycles. The Balaban J connectivity index is 1.76. The van der Waals surface area contributed by atoms with Gasteiger partial charge in [0, 0.05) is 22.7 Å². The molecule has 3 rings (SSSR count). The molecule has 4 nitrogen and oxygen atoms in total. The highest BCUT2D eigenvalue weighted by Gasteiger charge is 2.15. The fourth-order valence-electron chi connectivity index (χ4n) is 2.45. The third-order valence-corrected chi connectivity index (χ3v) is 5.06. The van der Waals surface area contributed by atoms with Crippen molar-refractivity contribution in [2.24, 2.45) is 0 Å². The van der Waals surface area contributed by atoms with Crippen molar-refractivity contribution in [1.82, 2.24) is 14.8 Å². The van der Waals surface area contributed by atoms with Crippen molar-refractivity contribution in [1.29, 1.82) is 0 Å². The molecule has 0 bridgehead atoms. The van der Waals surface area contributed by atoms with Crippen LogP contribution in [0, 0.1) is 6.92 Å². The van der Waals surface area contributed by atoms with Crippen LogP contribution in [0.25, 0.3) is 11.4 Å². The molecule has 0 spiro atoms. The molecule has 0 unspecified atom stereocenters. The Labute approximate surface area is 156 Å². The molecule has 0 saturated heterocycles. The van der Waals surface area contributed by atoms with Gasteiger partial charge < -0.3 is 4.57 Å². The summed E-state index contributed by atoms with van der Waals surface area (Å²) < 4.78 is 2.01. The summed E-state index contributed by atoms with van der Waals surface area (Å²) in [5, 5.41) is 9.97. The molecule has 6 heteroatoms. The smallest absolute Gasteiger partial charge is 0.191 e. The summed E-state index contributed by atoms with van der Waals surface area (Å²) in [6.07, 6.45) is 0. The number of benzene rings is 2. The lowest BCUT2D eigenvalue weighted by molar-refractivity contribution is 0.102. The number of rotatable bonds is 6. The molecule has 1 heterocycles. The van der Waals surface area contributed by atoms with E-state index in [1.807, 2.05) is 66.9 Å². The van der Waals surface area contributed by atoms with Crippen molar-refractivity contribution in [2.45, 2.75) is 25.5 Å². The average molecular weight is 372 g/mol. The second kappa shape index (κ2) is 7.85. The van der Waals surface area contributed by atoms with Crippen LogP contribution in [0.15, 0.2) is 53.7 Å². The molecule has 0 fully saturated rings. The number of carbonyl (C=O) groups excluding carboxylic acids is 1. The van der Waals surface area contributed by atoms with Crippen LogP contribution in [-0.4, -0.2) is 26.3 Å². The third-order valence-electron chi connectivity index (χ3n) is 3.84. The maximum Gasteiger partial charge on any atom is 0.191 e. The van der Waals surface area contributed by atoms with Crippen LogP contribution >= 0.6 is 23.4 Å². The monoisotopic (exact) mass is 371 g/mol. The van der Waals surface area contributed by atoms with Gasteiger partial charge in [0.1, 0.15) is 0 Å². The van der Waals surface area contributed by atoms with E-state index in [0.717, 1.165) is 34.2 Å². The Bertz CT molecular complexity index is 873. The zero-order valence-electron chi connectivity index (χ0n) is 14.1. The summed E-state index contributed by atoms with van der Waals surface area (Å²) in [6, 6.07) is 15.1. The minimum atomic E-state index is 0.0868. The molecule has 0 radical (unpaired) electrons. The molecule has 0 amide bonds. The van der Waals surface area contributed by atoms with Gasteiger partial charge in [-0.2, -0.15) is 0 Å². The van der Waals surface area contributed by atoms with Crippen molar-refractivity contribution in [3.63, 3.8) is 0 Å². The lowest BCUT2D eigenvalue weighted by Crippen LogP contribution is -2.05. The highest BCUT2D eigenvalue weighted by Crippen LogP contribution is 2.25. The second-order valence-corrected chi connectivity index (χ2v) is 7.01. The molecule has 128 valence electrons. The third kappa shape index (κ3) is 4.11. The summed E-state index contributed by atoms with van der Waals surface area (Å²) in [7, 11) is 0. The van der Waals surface area contributed by atoms with Crippen LogP contribution < -0.4 is 0 Å². The molecular formula is C19H18ClN3OS. The van der Waals surface area contributed by atoms with E-state index in [2.05, 4.69) is 10.2 Å². The molecule has 0 N–H and O–H groups in total. The Morgan fingerprint density at radius 2 is 1.76 bits per heavy atom. The van der Waals surface area contributed by atoms with E-state index in [1.165, 1.54) is 11.8 Å². The first-order chi connectivity index (χ1) is 12.1. The normalized spacial score (nSPS) is 10.8. The maximum absolute atomic E-state index is 12.4. The Hall–Kier alpha value is -2.11. The van der Waals surface area contributed by atoms with Gasteiger partial charge in [0.05, 0.1) is 5.75 Å². The molecule has 1 aromatic heterocycles. The average Bonchev–Trinajstić information content (AvgIpc) is 3.04. The molecule has 0 aliphatic carbocycles. The highest BCUT2D eigenvalue weighted by molar-refractivity contribution is 7.99. The van der Waals surface area contributed by atoms with Crippen LogP contribution in [0.2, 0.25) is 5.02 Å². The van der Waals surface area contributed by atoms with Crippen molar-refractivity contribution in [3.05, 3.63) is 64.7 Å². The maximum atomic E-state index is 12.4. The molecule has 0 aliphatic rings. The van der Waals surface area contributed by atoms with Crippen LogP contribution in [0.5, 0.6) is 0 Å². The van der Waals surface area contributed by atoms with Crippen molar-refractivity contribution < 1.29 is 4.79 Å². The van der Waals surface area contributed by atoms with E-state index in [0.29, 0.717) is 10.8 Å². The number of nitrogens with zero attached hydrogens (tertiary/aromatic N) is 3. The number of aromatic nitrogens is 3. The van der Waals surface area contributed by atoms with Crippen LogP contribution in [0.1, 0.15) is 22.8 Å². The van der Waals surface area contributed by atoms with Crippen molar-refractivity contribution in [3.8, 4) is 11.4 Å². The first kappa shape index (κ1) is 17.7. The zero-order chi connectivity index (χ0) is 17.8. The number of Topliss-reactive ketones (excluding diaryl/α,β-unsaturated/α-hetero) is 1. The predicted molar refractivity (Wildman–Crippen MR) is 102 cm³/mol. The predicted octanol–water partition coefficient (Wildman–Crippen LogP) is 4.90. The minimum Gasteiger partial charge on any atom is -0.302 e. The van der Waals surface area contributed by atoms with Gasteiger partial charge in [0.25, 0.3) is 0 Å².